The van der Waals surface area contributed by atoms with Crippen LogP contribution in [-0.4, -0.2) is 28.9 Å². The van der Waals surface area contributed by atoms with Crippen LogP contribution < -0.4 is 4.74 Å². The summed E-state index contributed by atoms with van der Waals surface area (Å²) in [5.41, 5.74) is -3.77. The normalized spacial score (nSPS) is 11.7. The second kappa shape index (κ2) is 7.08. The smallest absolute Gasteiger partial charge is 0.441 e. The van der Waals surface area contributed by atoms with Crippen LogP contribution in [0.3, 0.4) is 0 Å². The predicted octanol–water partition coefficient (Wildman–Crippen LogP) is 3.42. The number of thioether (sulfide) groups is 1. The highest BCUT2D eigenvalue weighted by Gasteiger charge is 2.27. The van der Waals surface area contributed by atoms with E-state index in [-0.39, 0.29) is 24.1 Å². The first kappa shape index (κ1) is 15.4. The van der Waals surface area contributed by atoms with E-state index in [1.165, 1.54) is 6.08 Å². The molecule has 1 N–H and O–H groups in total. The molecule has 1 aromatic carbocycles. The molecule has 0 fully saturated rings. The van der Waals surface area contributed by atoms with Crippen molar-refractivity contribution in [2.75, 3.05) is 12.4 Å². The van der Waals surface area contributed by atoms with E-state index >= 15 is 0 Å². The van der Waals surface area contributed by atoms with Crippen LogP contribution in [0.15, 0.2) is 30.3 Å². The van der Waals surface area contributed by atoms with Crippen molar-refractivity contribution in [2.24, 2.45) is 0 Å². The molecule has 0 spiro atoms. The fraction of sp³-hybridized carbons (Fsp3) is 0.250. The first-order chi connectivity index (χ1) is 8.88. The lowest BCUT2D eigenvalue weighted by atomic mass is 10.2. The molecule has 0 saturated heterocycles. The Balaban J connectivity index is 2.56. The number of halogens is 3. The average molecular weight is 292 g/mol. The number of carboxylic acid groups (broad SMARTS) is 1. The molecule has 104 valence electrons. The van der Waals surface area contributed by atoms with E-state index in [9.17, 15) is 18.0 Å². The highest BCUT2D eigenvalue weighted by molar-refractivity contribution is 8.00. The zero-order chi connectivity index (χ0) is 14.3. The molecule has 0 bridgehead atoms. The number of benzene rings is 1. The van der Waals surface area contributed by atoms with Crippen molar-refractivity contribution in [3.63, 3.8) is 0 Å². The van der Waals surface area contributed by atoms with Crippen LogP contribution in [0.1, 0.15) is 5.56 Å². The first-order valence-corrected chi connectivity index (χ1v) is 6.20. The standard InChI is InChI=1S/C12H11F3O3S/c13-12(14,15)19-8-7-18-10-4-2-1-3-9(10)5-6-11(16)17/h1-6H,7-8H2,(H,16,17)/b6-5+. The van der Waals surface area contributed by atoms with Crippen LogP contribution in [0.5, 0.6) is 5.75 Å². The van der Waals surface area contributed by atoms with Gasteiger partial charge in [0.05, 0.1) is 6.61 Å². The maximum absolute atomic E-state index is 11.9. The van der Waals surface area contributed by atoms with E-state index in [2.05, 4.69) is 0 Å². The van der Waals surface area contributed by atoms with Crippen LogP contribution in [-0.2, 0) is 4.79 Å². The lowest BCUT2D eigenvalue weighted by Gasteiger charge is -2.09. The number of hydrogen-bond acceptors (Lipinski definition) is 3. The van der Waals surface area contributed by atoms with E-state index in [0.717, 1.165) is 6.08 Å². The largest absolute Gasteiger partial charge is 0.492 e. The quantitative estimate of drug-likeness (QED) is 0.644. The molecule has 1 aromatic rings. The first-order valence-electron chi connectivity index (χ1n) is 5.22. The van der Waals surface area contributed by atoms with Crippen LogP contribution >= 0.6 is 11.8 Å². The van der Waals surface area contributed by atoms with Crippen molar-refractivity contribution >= 4 is 23.8 Å². The van der Waals surface area contributed by atoms with E-state index in [1.54, 1.807) is 24.3 Å². The van der Waals surface area contributed by atoms with Gasteiger partial charge in [-0.25, -0.2) is 4.79 Å². The summed E-state index contributed by atoms with van der Waals surface area (Å²) in [5, 5.41) is 8.51. The molecule has 0 atom stereocenters. The summed E-state index contributed by atoms with van der Waals surface area (Å²) >= 11 is -0.160. The number of ether oxygens (including phenoxy) is 1. The van der Waals surface area contributed by atoms with Gasteiger partial charge in [0.2, 0.25) is 0 Å². The third-order valence-electron chi connectivity index (χ3n) is 1.93. The lowest BCUT2D eigenvalue weighted by Crippen LogP contribution is -2.07. The van der Waals surface area contributed by atoms with Gasteiger partial charge in [-0.3, -0.25) is 0 Å². The van der Waals surface area contributed by atoms with Crippen molar-refractivity contribution in [2.45, 2.75) is 5.51 Å². The van der Waals surface area contributed by atoms with Crippen molar-refractivity contribution < 1.29 is 27.8 Å². The van der Waals surface area contributed by atoms with E-state index in [4.69, 9.17) is 9.84 Å². The van der Waals surface area contributed by atoms with Gasteiger partial charge in [-0.15, -0.1) is 0 Å². The van der Waals surface area contributed by atoms with Gasteiger partial charge in [-0.05, 0) is 23.9 Å². The molecule has 0 aliphatic heterocycles. The van der Waals surface area contributed by atoms with Gasteiger partial charge in [0.1, 0.15) is 5.75 Å². The molecule has 0 aromatic heterocycles. The number of aliphatic carboxylic acids is 1. The molecule has 0 saturated carbocycles. The fourth-order valence-corrected chi connectivity index (χ4v) is 1.62. The molecule has 1 rings (SSSR count). The number of hydrogen-bond donors (Lipinski definition) is 1. The summed E-state index contributed by atoms with van der Waals surface area (Å²) in [7, 11) is 0. The van der Waals surface area contributed by atoms with Gasteiger partial charge in [0.25, 0.3) is 0 Å². The zero-order valence-electron chi connectivity index (χ0n) is 9.68. The third kappa shape index (κ3) is 6.76. The Morgan fingerprint density at radius 3 is 2.68 bits per heavy atom. The van der Waals surface area contributed by atoms with E-state index in [0.29, 0.717) is 11.3 Å². The topological polar surface area (TPSA) is 46.5 Å². The summed E-state index contributed by atoms with van der Waals surface area (Å²) in [4.78, 5) is 10.4. The van der Waals surface area contributed by atoms with Crippen LogP contribution in [0, 0.1) is 0 Å². The molecule has 0 amide bonds. The minimum atomic E-state index is -4.27. The Morgan fingerprint density at radius 2 is 2.05 bits per heavy atom. The minimum absolute atomic E-state index is 0.109. The van der Waals surface area contributed by atoms with Crippen LogP contribution in [0.2, 0.25) is 0 Å². The Kier molecular flexibility index (Phi) is 5.75. The Bertz CT molecular complexity index is 458. The van der Waals surface area contributed by atoms with Gasteiger partial charge < -0.3 is 9.84 Å². The van der Waals surface area contributed by atoms with E-state index < -0.39 is 11.5 Å². The van der Waals surface area contributed by atoms with Gasteiger partial charge in [-0.2, -0.15) is 13.2 Å². The molecular formula is C12H11F3O3S. The second-order valence-electron chi connectivity index (χ2n) is 3.35. The summed E-state index contributed by atoms with van der Waals surface area (Å²) in [6.07, 6.45) is 2.27. The lowest BCUT2D eigenvalue weighted by molar-refractivity contribution is -0.131. The summed E-state index contributed by atoms with van der Waals surface area (Å²) < 4.78 is 40.9. The molecule has 0 aliphatic rings. The number of carboxylic acids is 1. The molecule has 0 radical (unpaired) electrons. The van der Waals surface area contributed by atoms with Crippen LogP contribution in [0.25, 0.3) is 6.08 Å². The monoisotopic (exact) mass is 292 g/mol. The second-order valence-corrected chi connectivity index (χ2v) is 4.51. The fourth-order valence-electron chi connectivity index (χ4n) is 1.22. The molecule has 0 unspecified atom stereocenters. The van der Waals surface area contributed by atoms with Crippen molar-refractivity contribution in [1.29, 1.82) is 0 Å². The molecule has 0 aliphatic carbocycles. The summed E-state index contributed by atoms with van der Waals surface area (Å²) in [5.74, 6) is -0.981. The number of carbonyl (C=O) groups is 1. The van der Waals surface area contributed by atoms with Crippen molar-refractivity contribution in [3.05, 3.63) is 35.9 Å². The highest BCUT2D eigenvalue weighted by atomic mass is 32.2. The number of rotatable bonds is 6. The van der Waals surface area contributed by atoms with E-state index in [1.807, 2.05) is 0 Å². The average Bonchev–Trinajstić information content (AvgIpc) is 2.32. The highest BCUT2D eigenvalue weighted by Crippen LogP contribution is 2.30. The summed E-state index contributed by atoms with van der Waals surface area (Å²) in [6.45, 7) is -0.109. The Hall–Kier alpha value is -1.63. The molecule has 0 heterocycles. The Morgan fingerprint density at radius 1 is 1.37 bits per heavy atom. The van der Waals surface area contributed by atoms with Gasteiger partial charge in [0.15, 0.2) is 0 Å². The van der Waals surface area contributed by atoms with Crippen molar-refractivity contribution in [1.82, 2.24) is 0 Å². The molecular weight excluding hydrogens is 281 g/mol. The summed E-state index contributed by atoms with van der Waals surface area (Å²) in [6, 6.07) is 6.52. The van der Waals surface area contributed by atoms with Gasteiger partial charge >= 0.3 is 11.5 Å². The zero-order valence-corrected chi connectivity index (χ0v) is 10.5. The minimum Gasteiger partial charge on any atom is -0.492 e. The predicted molar refractivity (Wildman–Crippen MR) is 67.1 cm³/mol. The number of para-hydroxylation sites is 1. The number of alkyl halides is 3. The maximum Gasteiger partial charge on any atom is 0.441 e. The van der Waals surface area contributed by atoms with Gasteiger partial charge in [0, 0.05) is 17.4 Å². The molecule has 7 heteroatoms. The molecule has 19 heavy (non-hydrogen) atoms. The third-order valence-corrected chi connectivity index (χ3v) is 2.63. The maximum atomic E-state index is 11.9. The van der Waals surface area contributed by atoms with Crippen LogP contribution in [0.4, 0.5) is 13.2 Å². The molecule has 3 nitrogen and oxygen atoms in total. The van der Waals surface area contributed by atoms with Crippen molar-refractivity contribution in [3.8, 4) is 5.75 Å². The Labute approximate surface area is 112 Å². The van der Waals surface area contributed by atoms with Gasteiger partial charge in [-0.1, -0.05) is 18.2 Å². The SMILES string of the molecule is O=C(O)/C=C/c1ccccc1OCCSC(F)(F)F.